The Morgan fingerprint density at radius 3 is 2.67 bits per heavy atom. The zero-order valence-electron chi connectivity index (χ0n) is 8.77. The summed E-state index contributed by atoms with van der Waals surface area (Å²) >= 11 is 0. The molecule has 1 N–H and O–H groups in total. The molecule has 1 atom stereocenters. The molecule has 1 nitrogen and oxygen atoms in total. The van der Waals surface area contributed by atoms with Gasteiger partial charge in [0.05, 0.1) is 0 Å². The van der Waals surface area contributed by atoms with Crippen molar-refractivity contribution in [3.8, 4) is 12.3 Å². The first-order valence-corrected chi connectivity index (χ1v) is 4.67. The first-order chi connectivity index (χ1) is 7.11. The van der Waals surface area contributed by atoms with E-state index in [0.29, 0.717) is 5.56 Å². The fourth-order valence-electron chi connectivity index (χ4n) is 1.46. The highest BCUT2D eigenvalue weighted by atomic mass is 19.1. The van der Waals surface area contributed by atoms with Crippen molar-refractivity contribution >= 4 is 0 Å². The molecule has 80 valence electrons. The van der Waals surface area contributed by atoms with Gasteiger partial charge >= 0.3 is 0 Å². The summed E-state index contributed by atoms with van der Waals surface area (Å²) in [6.45, 7) is 1.60. The Morgan fingerprint density at radius 2 is 2.13 bits per heavy atom. The standard InChI is InChI=1S/C12H13F2N/c1-4-5-10(15-3)11-9(13)7-6-8(2)12(11)14/h1,6-7,10,15H,5H2,2-3H3. The Kier molecular flexibility index (Phi) is 3.81. The molecule has 1 aromatic carbocycles. The van der Waals surface area contributed by atoms with Crippen molar-refractivity contribution in [1.29, 1.82) is 0 Å². The van der Waals surface area contributed by atoms with Crippen molar-refractivity contribution in [2.45, 2.75) is 19.4 Å². The van der Waals surface area contributed by atoms with Crippen molar-refractivity contribution in [3.05, 3.63) is 34.9 Å². The van der Waals surface area contributed by atoms with Crippen LogP contribution < -0.4 is 5.32 Å². The second-order valence-electron chi connectivity index (χ2n) is 3.34. The van der Waals surface area contributed by atoms with Gasteiger partial charge in [0.15, 0.2) is 0 Å². The van der Waals surface area contributed by atoms with E-state index >= 15 is 0 Å². The number of rotatable bonds is 3. The van der Waals surface area contributed by atoms with Gasteiger partial charge in [-0.2, -0.15) is 0 Å². The Balaban J connectivity index is 3.22. The summed E-state index contributed by atoms with van der Waals surface area (Å²) in [4.78, 5) is 0. The van der Waals surface area contributed by atoms with Crippen LogP contribution in [-0.2, 0) is 0 Å². The molecule has 0 aliphatic heterocycles. The van der Waals surface area contributed by atoms with Gasteiger partial charge in [0.1, 0.15) is 11.6 Å². The van der Waals surface area contributed by atoms with Crippen LogP contribution in [0.1, 0.15) is 23.6 Å². The first kappa shape index (κ1) is 11.7. The van der Waals surface area contributed by atoms with Crippen molar-refractivity contribution in [2.24, 2.45) is 0 Å². The van der Waals surface area contributed by atoms with Crippen LogP contribution in [0.25, 0.3) is 0 Å². The van der Waals surface area contributed by atoms with E-state index in [1.807, 2.05) is 0 Å². The van der Waals surface area contributed by atoms with Gasteiger partial charge in [0.25, 0.3) is 0 Å². The quantitative estimate of drug-likeness (QED) is 0.754. The summed E-state index contributed by atoms with van der Waals surface area (Å²) in [6, 6.07) is 2.20. The van der Waals surface area contributed by atoms with Gasteiger partial charge in [-0.05, 0) is 25.6 Å². The molecule has 0 bridgehead atoms. The number of terminal acetylenes is 1. The highest BCUT2D eigenvalue weighted by molar-refractivity contribution is 5.30. The monoisotopic (exact) mass is 209 g/mol. The maximum absolute atomic E-state index is 13.7. The van der Waals surface area contributed by atoms with Gasteiger partial charge in [0, 0.05) is 18.0 Å². The van der Waals surface area contributed by atoms with E-state index in [1.165, 1.54) is 12.1 Å². The molecule has 0 saturated heterocycles. The lowest BCUT2D eigenvalue weighted by molar-refractivity contribution is 0.493. The van der Waals surface area contributed by atoms with E-state index in [0.717, 1.165) is 0 Å². The van der Waals surface area contributed by atoms with Gasteiger partial charge in [-0.15, -0.1) is 12.3 Å². The zero-order chi connectivity index (χ0) is 11.4. The summed E-state index contributed by atoms with van der Waals surface area (Å²) in [6.07, 6.45) is 5.40. The molecule has 1 rings (SSSR count). The molecule has 0 heterocycles. The summed E-state index contributed by atoms with van der Waals surface area (Å²) in [7, 11) is 1.63. The highest BCUT2D eigenvalue weighted by Gasteiger charge is 2.19. The van der Waals surface area contributed by atoms with Crippen molar-refractivity contribution < 1.29 is 8.78 Å². The van der Waals surface area contributed by atoms with Crippen LogP contribution in [-0.4, -0.2) is 7.05 Å². The third kappa shape index (κ3) is 2.34. The number of hydrogen-bond donors (Lipinski definition) is 1. The van der Waals surface area contributed by atoms with Gasteiger partial charge in [0.2, 0.25) is 0 Å². The lowest BCUT2D eigenvalue weighted by Gasteiger charge is -2.16. The minimum atomic E-state index is -0.562. The second kappa shape index (κ2) is 4.90. The van der Waals surface area contributed by atoms with Crippen molar-refractivity contribution in [2.75, 3.05) is 7.05 Å². The highest BCUT2D eigenvalue weighted by Crippen LogP contribution is 2.24. The molecule has 0 aliphatic rings. The maximum atomic E-state index is 13.7. The van der Waals surface area contributed by atoms with Crippen molar-refractivity contribution in [1.82, 2.24) is 5.32 Å². The van der Waals surface area contributed by atoms with Crippen LogP contribution in [0.4, 0.5) is 8.78 Å². The number of nitrogens with one attached hydrogen (secondary N) is 1. The molecular weight excluding hydrogens is 196 g/mol. The predicted octanol–water partition coefficient (Wildman–Crippen LogP) is 2.56. The normalized spacial score (nSPS) is 12.2. The lowest BCUT2D eigenvalue weighted by atomic mass is 10.0. The number of halogens is 2. The van der Waals surface area contributed by atoms with E-state index in [2.05, 4.69) is 11.2 Å². The Bertz CT molecular complexity index is 393. The SMILES string of the molecule is C#CCC(NC)c1c(F)ccc(C)c1F. The summed E-state index contributed by atoms with van der Waals surface area (Å²) in [5, 5.41) is 2.81. The van der Waals surface area contributed by atoms with Crippen molar-refractivity contribution in [3.63, 3.8) is 0 Å². The summed E-state index contributed by atoms with van der Waals surface area (Å²) in [5.74, 6) is 1.31. The second-order valence-corrected chi connectivity index (χ2v) is 3.34. The molecule has 15 heavy (non-hydrogen) atoms. The minimum absolute atomic E-state index is 0.0236. The molecule has 0 amide bonds. The number of benzene rings is 1. The molecule has 0 saturated carbocycles. The molecule has 1 aromatic rings. The van der Waals surface area contributed by atoms with Crippen LogP contribution in [0, 0.1) is 30.9 Å². The fourth-order valence-corrected chi connectivity index (χ4v) is 1.46. The van der Waals surface area contributed by atoms with E-state index in [9.17, 15) is 8.78 Å². The van der Waals surface area contributed by atoms with Gasteiger partial charge in [-0.3, -0.25) is 0 Å². The van der Waals surface area contributed by atoms with Gasteiger partial charge < -0.3 is 5.32 Å². The smallest absolute Gasteiger partial charge is 0.133 e. The molecule has 0 aromatic heterocycles. The summed E-state index contributed by atoms with van der Waals surface area (Å²) in [5.41, 5.74) is 0.444. The predicted molar refractivity (Wildman–Crippen MR) is 56.3 cm³/mol. The Hall–Kier alpha value is -1.40. The van der Waals surface area contributed by atoms with E-state index in [-0.39, 0.29) is 12.0 Å². The van der Waals surface area contributed by atoms with E-state index < -0.39 is 17.7 Å². The molecule has 0 spiro atoms. The molecular formula is C12H13F2N. The lowest BCUT2D eigenvalue weighted by Crippen LogP contribution is -2.19. The van der Waals surface area contributed by atoms with Gasteiger partial charge in [-0.1, -0.05) is 6.07 Å². The molecule has 0 radical (unpaired) electrons. The molecule has 0 fully saturated rings. The average molecular weight is 209 g/mol. The average Bonchev–Trinajstić information content (AvgIpc) is 2.22. The van der Waals surface area contributed by atoms with Gasteiger partial charge in [-0.25, -0.2) is 8.78 Å². The third-order valence-electron chi connectivity index (χ3n) is 2.34. The third-order valence-corrected chi connectivity index (χ3v) is 2.34. The van der Waals surface area contributed by atoms with E-state index in [1.54, 1.807) is 14.0 Å². The molecule has 3 heteroatoms. The topological polar surface area (TPSA) is 12.0 Å². The fraction of sp³-hybridized carbons (Fsp3) is 0.333. The molecule has 0 aliphatic carbocycles. The largest absolute Gasteiger partial charge is 0.312 e. The zero-order valence-corrected chi connectivity index (χ0v) is 8.77. The number of hydrogen-bond acceptors (Lipinski definition) is 1. The van der Waals surface area contributed by atoms with Crippen LogP contribution in [0.2, 0.25) is 0 Å². The Labute approximate surface area is 88.5 Å². The molecule has 1 unspecified atom stereocenters. The van der Waals surface area contributed by atoms with Crippen LogP contribution in [0.15, 0.2) is 12.1 Å². The minimum Gasteiger partial charge on any atom is -0.312 e. The summed E-state index contributed by atoms with van der Waals surface area (Å²) < 4.78 is 27.1. The van der Waals surface area contributed by atoms with E-state index in [4.69, 9.17) is 6.42 Å². The maximum Gasteiger partial charge on any atom is 0.133 e. The van der Waals surface area contributed by atoms with Crippen LogP contribution in [0.3, 0.4) is 0 Å². The first-order valence-electron chi connectivity index (χ1n) is 4.67. The van der Waals surface area contributed by atoms with Crippen LogP contribution in [0.5, 0.6) is 0 Å². The number of aryl methyl sites for hydroxylation is 1. The van der Waals surface area contributed by atoms with Crippen LogP contribution >= 0.6 is 0 Å². The Morgan fingerprint density at radius 1 is 1.47 bits per heavy atom.